The van der Waals surface area contributed by atoms with Crippen molar-refractivity contribution in [2.45, 2.75) is 45.4 Å². The maximum atomic E-state index is 12.3. The van der Waals surface area contributed by atoms with Crippen molar-refractivity contribution in [3.05, 3.63) is 58.9 Å². The van der Waals surface area contributed by atoms with Gasteiger partial charge in [-0.05, 0) is 81.1 Å². The van der Waals surface area contributed by atoms with E-state index in [-0.39, 0.29) is 12.3 Å². The summed E-state index contributed by atoms with van der Waals surface area (Å²) in [6.07, 6.45) is 3.25. The van der Waals surface area contributed by atoms with E-state index in [1.165, 1.54) is 5.56 Å². The third-order valence-corrected chi connectivity index (χ3v) is 10.6. The number of aliphatic carboxylic acids is 1. The lowest BCUT2D eigenvalue weighted by molar-refractivity contribution is -0.137. The molecule has 2 unspecified atom stereocenters. The topological polar surface area (TPSA) is 153 Å². The Morgan fingerprint density at radius 3 is 2.44 bits per heavy atom. The average molecular weight is 749 g/mol. The van der Waals surface area contributed by atoms with Crippen LogP contribution in [0, 0.1) is 19.8 Å². The number of piperazine rings is 1. The summed E-state index contributed by atoms with van der Waals surface area (Å²) in [6.45, 7) is 16.5. The van der Waals surface area contributed by atoms with Gasteiger partial charge in [0.2, 0.25) is 5.88 Å². The minimum absolute atomic E-state index is 0.0601. The van der Waals surface area contributed by atoms with E-state index >= 15 is 0 Å². The van der Waals surface area contributed by atoms with Gasteiger partial charge in [-0.3, -0.25) is 9.69 Å². The van der Waals surface area contributed by atoms with Crippen molar-refractivity contribution in [3.63, 3.8) is 0 Å². The first-order chi connectivity index (χ1) is 26.3. The minimum atomic E-state index is -0.789. The Morgan fingerprint density at radius 1 is 0.944 bits per heavy atom. The summed E-state index contributed by atoms with van der Waals surface area (Å²) in [5.41, 5.74) is 11.8. The third kappa shape index (κ3) is 11.6. The molecule has 2 fully saturated rings. The quantitative estimate of drug-likeness (QED) is 0.137. The highest BCUT2D eigenvalue weighted by Gasteiger charge is 2.29. The molecule has 0 amide bonds. The van der Waals surface area contributed by atoms with Crippen molar-refractivity contribution in [2.24, 2.45) is 11.7 Å². The number of hydrogen-bond acceptors (Lipinski definition) is 12. The van der Waals surface area contributed by atoms with Crippen molar-refractivity contribution in [2.75, 3.05) is 122 Å². The molecule has 2 atom stereocenters. The number of carboxylic acid groups (broad SMARTS) is 1. The first-order valence-corrected chi connectivity index (χ1v) is 19.7. The van der Waals surface area contributed by atoms with Gasteiger partial charge < -0.3 is 44.9 Å². The number of anilines is 2. The molecule has 1 aromatic carbocycles. The summed E-state index contributed by atoms with van der Waals surface area (Å²) in [5, 5.41) is 18.3. The van der Waals surface area contributed by atoms with Crippen LogP contribution in [0.3, 0.4) is 0 Å². The molecule has 0 saturated carbocycles. The van der Waals surface area contributed by atoms with E-state index in [2.05, 4.69) is 57.3 Å². The van der Waals surface area contributed by atoms with Crippen LogP contribution in [0.5, 0.6) is 5.88 Å². The second-order valence-electron chi connectivity index (χ2n) is 14.8. The summed E-state index contributed by atoms with van der Waals surface area (Å²) in [6, 6.07) is 12.7. The molecular weight excluding hydrogens is 688 g/mol. The molecule has 0 bridgehead atoms. The fraction of sp³-hybridized carbons (Fsp3) is 0.625. The lowest BCUT2D eigenvalue weighted by Gasteiger charge is -2.36. The number of nitrogens with zero attached hydrogens (tertiary/aromatic N) is 6. The number of fused-ring (bicyclic) bond motifs is 1. The van der Waals surface area contributed by atoms with E-state index in [0.29, 0.717) is 71.1 Å². The Hall–Kier alpha value is -3.79. The van der Waals surface area contributed by atoms with Crippen molar-refractivity contribution >= 4 is 17.5 Å². The number of aryl methyl sites for hydroxylation is 3. The molecule has 5 heterocycles. The first-order valence-electron chi connectivity index (χ1n) is 19.7. The van der Waals surface area contributed by atoms with Crippen LogP contribution in [0.25, 0.3) is 5.69 Å². The SMILES string of the molecule is Cc1cc(C)n(-c2cc(C(CC(=O)O)CN3CCC(COc4ccc5c(n4)NCCC5)C3)cc(N3CCN(CCOCCOCCOCCN)CC3)c2)n1. The Morgan fingerprint density at radius 2 is 1.70 bits per heavy atom. The van der Waals surface area contributed by atoms with Crippen LogP contribution in [0.2, 0.25) is 0 Å². The summed E-state index contributed by atoms with van der Waals surface area (Å²) in [4.78, 5) is 24.3. The molecule has 0 spiro atoms. The van der Waals surface area contributed by atoms with E-state index in [1.807, 2.05) is 17.7 Å². The molecule has 4 N–H and O–H groups in total. The number of nitrogens with one attached hydrogen (secondary N) is 1. The molecule has 3 aromatic rings. The summed E-state index contributed by atoms with van der Waals surface area (Å²) in [5.74, 6) is 1.00. The van der Waals surface area contributed by atoms with Gasteiger partial charge in [-0.15, -0.1) is 0 Å². The van der Waals surface area contributed by atoms with Gasteiger partial charge in [0, 0.05) is 88.2 Å². The predicted molar refractivity (Wildman–Crippen MR) is 209 cm³/mol. The Labute approximate surface area is 319 Å². The number of carboxylic acids is 1. The number of likely N-dealkylation sites (tertiary alicyclic amines) is 1. The Bertz CT molecular complexity index is 1630. The maximum absolute atomic E-state index is 12.3. The molecule has 3 aliphatic heterocycles. The van der Waals surface area contributed by atoms with Crippen LogP contribution >= 0.6 is 0 Å². The number of aromatic nitrogens is 3. The number of pyridine rings is 1. The second-order valence-corrected chi connectivity index (χ2v) is 14.8. The average Bonchev–Trinajstić information content (AvgIpc) is 3.78. The largest absolute Gasteiger partial charge is 0.481 e. The van der Waals surface area contributed by atoms with Crippen molar-refractivity contribution in [3.8, 4) is 11.6 Å². The fourth-order valence-electron chi connectivity index (χ4n) is 7.72. The summed E-state index contributed by atoms with van der Waals surface area (Å²) >= 11 is 0. The zero-order valence-corrected chi connectivity index (χ0v) is 32.2. The molecule has 14 nitrogen and oxygen atoms in total. The van der Waals surface area contributed by atoms with Crippen molar-refractivity contribution in [1.29, 1.82) is 0 Å². The summed E-state index contributed by atoms with van der Waals surface area (Å²) < 4.78 is 24.9. The molecule has 6 rings (SSSR count). The minimum Gasteiger partial charge on any atom is -0.481 e. The molecule has 0 aliphatic carbocycles. The monoisotopic (exact) mass is 748 g/mol. The number of hydrogen-bond donors (Lipinski definition) is 3. The standard InChI is InChI=1S/C40H60N8O6/c1-30-22-31(2)48(44-30)37-24-34(23-36(26-37)47-13-11-45(12-14-47)15-17-52-19-21-53-20-18-51-16-8-41)35(25-39(49)50)28-46-10-7-32(27-46)29-54-38-6-5-33-4-3-9-42-40(33)43-38/h5-6,22-24,26,32,35H,3-4,7-21,25,27-29,41H2,1-2H3,(H,42,43)(H,49,50). The fourth-order valence-corrected chi connectivity index (χ4v) is 7.72. The van der Waals surface area contributed by atoms with Crippen LogP contribution in [-0.2, 0) is 25.4 Å². The van der Waals surface area contributed by atoms with Gasteiger partial charge in [-0.2, -0.15) is 10.1 Å². The molecular formula is C40H60N8O6. The lowest BCUT2D eigenvalue weighted by Crippen LogP contribution is -2.47. The van der Waals surface area contributed by atoms with Crippen LogP contribution in [0.4, 0.5) is 11.5 Å². The maximum Gasteiger partial charge on any atom is 0.304 e. The molecule has 296 valence electrons. The Kier molecular flexibility index (Phi) is 14.9. The molecule has 3 aliphatic rings. The number of benzene rings is 1. The van der Waals surface area contributed by atoms with E-state index in [9.17, 15) is 9.90 Å². The van der Waals surface area contributed by atoms with Gasteiger partial charge in [0.15, 0.2) is 0 Å². The van der Waals surface area contributed by atoms with Crippen LogP contribution in [-0.4, -0.2) is 147 Å². The van der Waals surface area contributed by atoms with Crippen molar-refractivity contribution in [1.82, 2.24) is 24.6 Å². The normalized spacial score (nSPS) is 18.4. The Balaban J connectivity index is 1.06. The number of carbonyl (C=O) groups is 1. The van der Waals surface area contributed by atoms with Gasteiger partial charge in [0.25, 0.3) is 0 Å². The van der Waals surface area contributed by atoms with Gasteiger partial charge in [0.05, 0.1) is 64.1 Å². The smallest absolute Gasteiger partial charge is 0.304 e. The number of rotatable bonds is 21. The van der Waals surface area contributed by atoms with Gasteiger partial charge in [-0.25, -0.2) is 4.68 Å². The lowest BCUT2D eigenvalue weighted by atomic mass is 9.93. The third-order valence-electron chi connectivity index (χ3n) is 10.6. The molecule has 54 heavy (non-hydrogen) atoms. The van der Waals surface area contributed by atoms with Crippen LogP contribution < -0.4 is 20.7 Å². The molecule has 2 aromatic heterocycles. The highest BCUT2D eigenvalue weighted by Crippen LogP contribution is 2.32. The van der Waals surface area contributed by atoms with E-state index in [0.717, 1.165) is 106 Å². The predicted octanol–water partition coefficient (Wildman–Crippen LogP) is 3.33. The van der Waals surface area contributed by atoms with Crippen LogP contribution in [0.15, 0.2) is 36.4 Å². The summed E-state index contributed by atoms with van der Waals surface area (Å²) in [7, 11) is 0. The number of ether oxygens (including phenoxy) is 4. The zero-order valence-electron chi connectivity index (χ0n) is 32.2. The first kappa shape index (κ1) is 39.9. The van der Waals surface area contributed by atoms with Crippen molar-refractivity contribution < 1.29 is 28.8 Å². The number of nitrogens with two attached hydrogens (primary N) is 1. The second kappa shape index (κ2) is 20.2. The van der Waals surface area contributed by atoms with E-state index in [1.54, 1.807) is 0 Å². The molecule has 0 radical (unpaired) electrons. The molecule has 14 heteroatoms. The highest BCUT2D eigenvalue weighted by atomic mass is 16.5. The highest BCUT2D eigenvalue weighted by molar-refractivity contribution is 5.69. The van der Waals surface area contributed by atoms with E-state index in [4.69, 9.17) is 34.8 Å². The van der Waals surface area contributed by atoms with Gasteiger partial charge in [-0.1, -0.05) is 0 Å². The van der Waals surface area contributed by atoms with Gasteiger partial charge >= 0.3 is 5.97 Å². The molecule has 2 saturated heterocycles. The van der Waals surface area contributed by atoms with E-state index < -0.39 is 5.97 Å². The van der Waals surface area contributed by atoms with Crippen LogP contribution in [0.1, 0.15) is 47.7 Å². The zero-order chi connectivity index (χ0) is 37.7. The van der Waals surface area contributed by atoms with Gasteiger partial charge in [0.1, 0.15) is 5.82 Å².